The fraction of sp³-hybridized carbons (Fsp3) is 0.500. The minimum absolute atomic E-state index is 0.223. The van der Waals surface area contributed by atoms with E-state index in [4.69, 9.17) is 0 Å². The smallest absolute Gasteiger partial charge is 0.191 e. The van der Waals surface area contributed by atoms with Gasteiger partial charge in [-0.05, 0) is 38.0 Å². The first-order valence-corrected chi connectivity index (χ1v) is 9.14. The Kier molecular flexibility index (Phi) is 6.40. The van der Waals surface area contributed by atoms with Crippen molar-refractivity contribution in [2.24, 2.45) is 4.99 Å². The lowest BCUT2D eigenvalue weighted by atomic mass is 10.3. The molecule has 1 saturated heterocycles. The van der Waals surface area contributed by atoms with Crippen molar-refractivity contribution in [3.63, 3.8) is 0 Å². The molecule has 0 radical (unpaired) electrons. The highest BCUT2D eigenvalue weighted by Gasteiger charge is 2.25. The van der Waals surface area contributed by atoms with Gasteiger partial charge in [0, 0.05) is 57.4 Å². The molecule has 3 rings (SSSR count). The van der Waals surface area contributed by atoms with Crippen LogP contribution in [0.2, 0.25) is 0 Å². The van der Waals surface area contributed by atoms with Crippen LogP contribution in [0.15, 0.2) is 41.8 Å². The highest BCUT2D eigenvalue weighted by Crippen LogP contribution is 2.20. The van der Waals surface area contributed by atoms with Gasteiger partial charge in [-0.3, -0.25) is 9.67 Å². The molecule has 1 unspecified atom stereocenters. The van der Waals surface area contributed by atoms with Crippen LogP contribution in [0.5, 0.6) is 0 Å². The molecule has 0 saturated carbocycles. The Morgan fingerprint density at radius 3 is 3.08 bits per heavy atom. The zero-order chi connectivity index (χ0) is 18.2. The van der Waals surface area contributed by atoms with Gasteiger partial charge in [0.05, 0.1) is 0 Å². The second-order valence-electron chi connectivity index (χ2n) is 6.27. The standard InChI is InChI=1S/C18H26FN7/c1-2-20-18(22-9-4-11-26-12-5-10-23-26)24-15-7-13-25(14-15)17-16(19)6-3-8-21-17/h3,5-6,8,10,12,15H,2,4,7,9,11,13-14H2,1H3,(H2,20,22,24). The lowest BCUT2D eigenvalue weighted by Gasteiger charge is -2.19. The number of nitrogens with zero attached hydrogens (tertiary/aromatic N) is 5. The molecule has 0 aromatic carbocycles. The van der Waals surface area contributed by atoms with E-state index in [0.717, 1.165) is 45.0 Å². The van der Waals surface area contributed by atoms with Crippen LogP contribution in [-0.4, -0.2) is 52.9 Å². The molecule has 0 bridgehead atoms. The van der Waals surface area contributed by atoms with Crippen LogP contribution in [0.3, 0.4) is 0 Å². The van der Waals surface area contributed by atoms with Gasteiger partial charge in [-0.15, -0.1) is 0 Å². The Hall–Kier alpha value is -2.64. The number of rotatable bonds is 7. The number of guanidine groups is 1. The zero-order valence-electron chi connectivity index (χ0n) is 15.1. The molecule has 0 aliphatic carbocycles. The molecular weight excluding hydrogens is 333 g/mol. The lowest BCUT2D eigenvalue weighted by molar-refractivity contribution is 0.581. The predicted molar refractivity (Wildman–Crippen MR) is 101 cm³/mol. The number of aryl methyl sites for hydroxylation is 1. The summed E-state index contributed by atoms with van der Waals surface area (Å²) in [6.07, 6.45) is 7.22. The van der Waals surface area contributed by atoms with Crippen LogP contribution in [0.25, 0.3) is 0 Å². The van der Waals surface area contributed by atoms with E-state index in [1.807, 2.05) is 28.8 Å². The third-order valence-electron chi connectivity index (χ3n) is 4.29. The van der Waals surface area contributed by atoms with E-state index in [1.54, 1.807) is 18.5 Å². The van der Waals surface area contributed by atoms with Gasteiger partial charge in [0.15, 0.2) is 17.6 Å². The number of hydrogen-bond acceptors (Lipinski definition) is 4. The first-order valence-electron chi connectivity index (χ1n) is 9.14. The van der Waals surface area contributed by atoms with E-state index < -0.39 is 0 Å². The number of pyridine rings is 1. The normalized spacial score (nSPS) is 17.5. The minimum atomic E-state index is -0.271. The van der Waals surface area contributed by atoms with Gasteiger partial charge >= 0.3 is 0 Å². The number of aromatic nitrogens is 3. The number of hydrogen-bond donors (Lipinski definition) is 2. The summed E-state index contributed by atoms with van der Waals surface area (Å²) in [7, 11) is 0. The molecule has 8 heteroatoms. The van der Waals surface area contributed by atoms with E-state index >= 15 is 0 Å². The van der Waals surface area contributed by atoms with Crippen LogP contribution >= 0.6 is 0 Å². The molecule has 26 heavy (non-hydrogen) atoms. The highest BCUT2D eigenvalue weighted by molar-refractivity contribution is 5.80. The molecule has 2 aromatic rings. The molecule has 7 nitrogen and oxygen atoms in total. The fourth-order valence-electron chi connectivity index (χ4n) is 3.05. The van der Waals surface area contributed by atoms with Gasteiger partial charge in [-0.2, -0.15) is 5.10 Å². The average Bonchev–Trinajstić information content (AvgIpc) is 3.31. The molecule has 140 valence electrons. The van der Waals surface area contributed by atoms with Crippen molar-refractivity contribution in [3.05, 3.63) is 42.6 Å². The van der Waals surface area contributed by atoms with E-state index in [2.05, 4.69) is 25.7 Å². The minimum Gasteiger partial charge on any atom is -0.357 e. The summed E-state index contributed by atoms with van der Waals surface area (Å²) in [5, 5.41) is 10.9. The summed E-state index contributed by atoms with van der Waals surface area (Å²) in [5.41, 5.74) is 0. The quantitative estimate of drug-likeness (QED) is 0.447. The maximum Gasteiger partial charge on any atom is 0.191 e. The number of anilines is 1. The molecule has 3 heterocycles. The third kappa shape index (κ3) is 4.93. The van der Waals surface area contributed by atoms with E-state index in [-0.39, 0.29) is 11.9 Å². The molecule has 0 spiro atoms. The summed E-state index contributed by atoms with van der Waals surface area (Å²) < 4.78 is 15.8. The average molecular weight is 359 g/mol. The molecule has 1 fully saturated rings. The van der Waals surface area contributed by atoms with Crippen molar-refractivity contribution in [2.75, 3.05) is 31.1 Å². The summed E-state index contributed by atoms with van der Waals surface area (Å²) in [5.74, 6) is 0.964. The van der Waals surface area contributed by atoms with E-state index in [9.17, 15) is 4.39 Å². The summed E-state index contributed by atoms with van der Waals surface area (Å²) >= 11 is 0. The Bertz CT molecular complexity index is 701. The molecule has 1 aliphatic heterocycles. The van der Waals surface area contributed by atoms with Gasteiger partial charge in [-0.1, -0.05) is 0 Å². The fourth-order valence-corrected chi connectivity index (χ4v) is 3.05. The van der Waals surface area contributed by atoms with Crippen LogP contribution < -0.4 is 15.5 Å². The Morgan fingerprint density at radius 1 is 1.38 bits per heavy atom. The van der Waals surface area contributed by atoms with Crippen LogP contribution in [-0.2, 0) is 6.54 Å². The Labute approximate surface area is 153 Å². The van der Waals surface area contributed by atoms with Gasteiger partial charge in [-0.25, -0.2) is 9.37 Å². The molecule has 0 amide bonds. The summed E-state index contributed by atoms with van der Waals surface area (Å²) in [6, 6.07) is 5.21. The molecule has 2 N–H and O–H groups in total. The first-order chi connectivity index (χ1) is 12.8. The zero-order valence-corrected chi connectivity index (χ0v) is 15.1. The third-order valence-corrected chi connectivity index (χ3v) is 4.29. The second-order valence-corrected chi connectivity index (χ2v) is 6.27. The number of halogens is 1. The van der Waals surface area contributed by atoms with Gasteiger partial charge < -0.3 is 15.5 Å². The molecule has 1 aliphatic rings. The van der Waals surface area contributed by atoms with Crippen molar-refractivity contribution in [1.82, 2.24) is 25.4 Å². The Balaban J connectivity index is 1.50. The molecular formula is C18H26FN7. The van der Waals surface area contributed by atoms with Crippen molar-refractivity contribution in [3.8, 4) is 0 Å². The maximum absolute atomic E-state index is 13.9. The lowest BCUT2D eigenvalue weighted by Crippen LogP contribution is -2.44. The summed E-state index contributed by atoms with van der Waals surface area (Å²) in [4.78, 5) is 10.8. The molecule has 1 atom stereocenters. The Morgan fingerprint density at radius 2 is 2.31 bits per heavy atom. The monoisotopic (exact) mass is 359 g/mol. The predicted octanol–water partition coefficient (Wildman–Crippen LogP) is 1.64. The first kappa shape index (κ1) is 18.2. The van der Waals surface area contributed by atoms with E-state index in [1.165, 1.54) is 6.07 Å². The maximum atomic E-state index is 13.9. The van der Waals surface area contributed by atoms with Crippen LogP contribution in [0.1, 0.15) is 19.8 Å². The van der Waals surface area contributed by atoms with Gasteiger partial charge in [0.2, 0.25) is 0 Å². The van der Waals surface area contributed by atoms with Crippen molar-refractivity contribution in [2.45, 2.75) is 32.4 Å². The van der Waals surface area contributed by atoms with Crippen LogP contribution in [0.4, 0.5) is 10.2 Å². The van der Waals surface area contributed by atoms with Gasteiger partial charge in [0.25, 0.3) is 0 Å². The topological polar surface area (TPSA) is 70.4 Å². The number of aliphatic imine (C=N–C) groups is 1. The SMILES string of the molecule is CCNC(=NCCCn1cccn1)NC1CCN(c2ncccc2F)C1. The molecule has 2 aromatic heterocycles. The van der Waals surface area contributed by atoms with Crippen LogP contribution in [0, 0.1) is 5.82 Å². The van der Waals surface area contributed by atoms with Crippen molar-refractivity contribution >= 4 is 11.8 Å². The van der Waals surface area contributed by atoms with Gasteiger partial charge in [0.1, 0.15) is 0 Å². The van der Waals surface area contributed by atoms with E-state index in [0.29, 0.717) is 12.4 Å². The number of nitrogens with one attached hydrogen (secondary N) is 2. The van der Waals surface area contributed by atoms with Crippen molar-refractivity contribution < 1.29 is 4.39 Å². The highest BCUT2D eigenvalue weighted by atomic mass is 19.1. The largest absolute Gasteiger partial charge is 0.357 e. The van der Waals surface area contributed by atoms with Crippen molar-refractivity contribution in [1.29, 1.82) is 0 Å². The summed E-state index contributed by atoms with van der Waals surface area (Å²) in [6.45, 7) is 5.92. The second kappa shape index (κ2) is 9.17.